The van der Waals surface area contributed by atoms with Crippen LogP contribution in [0.4, 0.5) is 0 Å². The molecule has 1 heteroatoms. The van der Waals surface area contributed by atoms with Gasteiger partial charge in [-0.05, 0) is 36.5 Å². The largest absolute Gasteiger partial charge is 0.313 e. The zero-order valence-electron chi connectivity index (χ0n) is 8.61. The van der Waals surface area contributed by atoms with Crippen molar-refractivity contribution in [2.24, 2.45) is 10.8 Å². The lowest BCUT2D eigenvalue weighted by Crippen LogP contribution is -2.30. The van der Waals surface area contributed by atoms with E-state index in [1.54, 1.807) is 0 Å². The van der Waals surface area contributed by atoms with Gasteiger partial charge in [-0.2, -0.15) is 0 Å². The van der Waals surface area contributed by atoms with E-state index < -0.39 is 0 Å². The molecule has 70 valence electrons. The van der Waals surface area contributed by atoms with Crippen LogP contribution in [-0.2, 0) is 0 Å². The van der Waals surface area contributed by atoms with Crippen molar-refractivity contribution in [3.63, 3.8) is 0 Å². The van der Waals surface area contributed by atoms with Gasteiger partial charge in [0.25, 0.3) is 0 Å². The Hall–Kier alpha value is -0.0400. The highest BCUT2D eigenvalue weighted by Crippen LogP contribution is 2.45. The molecule has 0 radical (unpaired) electrons. The molecular weight excluding hydrogens is 146 g/mol. The third-order valence-corrected chi connectivity index (χ3v) is 3.76. The van der Waals surface area contributed by atoms with Gasteiger partial charge in [0.2, 0.25) is 0 Å². The van der Waals surface area contributed by atoms with Crippen LogP contribution in [0.5, 0.6) is 0 Å². The summed E-state index contributed by atoms with van der Waals surface area (Å²) in [5.74, 6) is 0. The van der Waals surface area contributed by atoms with E-state index in [0.717, 1.165) is 6.04 Å². The molecule has 1 aliphatic heterocycles. The van der Waals surface area contributed by atoms with Crippen LogP contribution in [0.25, 0.3) is 0 Å². The van der Waals surface area contributed by atoms with Gasteiger partial charge in [0.1, 0.15) is 0 Å². The monoisotopic (exact) mass is 167 g/mol. The fourth-order valence-electron chi connectivity index (χ4n) is 2.87. The lowest BCUT2D eigenvalue weighted by atomic mass is 9.80. The maximum absolute atomic E-state index is 3.65. The van der Waals surface area contributed by atoms with Gasteiger partial charge in [-0.15, -0.1) is 0 Å². The number of nitrogens with one attached hydrogen (secondary N) is 1. The Kier molecular flexibility index (Phi) is 1.76. The lowest BCUT2D eigenvalue weighted by molar-refractivity contribution is 0.242. The van der Waals surface area contributed by atoms with Gasteiger partial charge >= 0.3 is 0 Å². The summed E-state index contributed by atoms with van der Waals surface area (Å²) in [6.45, 7) is 8.53. The predicted octanol–water partition coefficient (Wildman–Crippen LogP) is 2.56. The second-order valence-corrected chi connectivity index (χ2v) is 5.96. The molecule has 1 N–H and O–H groups in total. The number of rotatable bonds is 0. The smallest absolute Gasteiger partial charge is 0.00780 e. The van der Waals surface area contributed by atoms with Crippen molar-refractivity contribution in [3.8, 4) is 0 Å². The molecule has 2 unspecified atom stereocenters. The van der Waals surface area contributed by atoms with Gasteiger partial charge in [0, 0.05) is 12.6 Å². The maximum Gasteiger partial charge on any atom is 0.00780 e. The van der Waals surface area contributed by atoms with Crippen molar-refractivity contribution >= 4 is 0 Å². The van der Waals surface area contributed by atoms with Crippen LogP contribution in [0.2, 0.25) is 0 Å². The van der Waals surface area contributed by atoms with Gasteiger partial charge in [0.15, 0.2) is 0 Å². The van der Waals surface area contributed by atoms with Gasteiger partial charge in [-0.3, -0.25) is 0 Å². The zero-order chi connectivity index (χ0) is 8.82. The quantitative estimate of drug-likeness (QED) is 0.584. The molecule has 0 spiro atoms. The van der Waals surface area contributed by atoms with Crippen LogP contribution in [0.1, 0.15) is 46.5 Å². The highest BCUT2D eigenvalue weighted by atomic mass is 15.0. The van der Waals surface area contributed by atoms with Crippen LogP contribution in [0.15, 0.2) is 0 Å². The van der Waals surface area contributed by atoms with E-state index in [1.165, 1.54) is 32.2 Å². The molecular formula is C11H21N. The van der Waals surface area contributed by atoms with E-state index in [1.807, 2.05) is 0 Å². The van der Waals surface area contributed by atoms with Gasteiger partial charge < -0.3 is 5.32 Å². The molecule has 2 rings (SSSR count). The molecule has 0 aromatic heterocycles. The first kappa shape index (κ1) is 8.55. The normalized spacial score (nSPS) is 45.8. The Morgan fingerprint density at radius 2 is 1.83 bits per heavy atom. The Labute approximate surface area is 75.9 Å². The molecule has 1 heterocycles. The second-order valence-electron chi connectivity index (χ2n) is 5.96. The molecule has 2 fully saturated rings. The zero-order valence-corrected chi connectivity index (χ0v) is 8.61. The van der Waals surface area contributed by atoms with Gasteiger partial charge in [-0.1, -0.05) is 20.8 Å². The van der Waals surface area contributed by atoms with Crippen LogP contribution in [0.3, 0.4) is 0 Å². The van der Waals surface area contributed by atoms with E-state index in [2.05, 4.69) is 26.1 Å². The Balaban J connectivity index is 2.13. The van der Waals surface area contributed by atoms with E-state index >= 15 is 0 Å². The van der Waals surface area contributed by atoms with Gasteiger partial charge in [-0.25, -0.2) is 0 Å². The first-order valence-electron chi connectivity index (χ1n) is 5.23. The fraction of sp³-hybridized carbons (Fsp3) is 1.00. The average molecular weight is 167 g/mol. The molecule has 2 bridgehead atoms. The lowest BCUT2D eigenvalue weighted by Gasteiger charge is -2.29. The van der Waals surface area contributed by atoms with Crippen LogP contribution in [-0.4, -0.2) is 12.6 Å². The summed E-state index contributed by atoms with van der Waals surface area (Å²) in [4.78, 5) is 0. The Bertz CT molecular complexity index is 185. The predicted molar refractivity (Wildman–Crippen MR) is 52.1 cm³/mol. The van der Waals surface area contributed by atoms with E-state index in [-0.39, 0.29) is 0 Å². The van der Waals surface area contributed by atoms with Crippen molar-refractivity contribution in [2.45, 2.75) is 52.5 Å². The van der Waals surface area contributed by atoms with E-state index in [4.69, 9.17) is 0 Å². The summed E-state index contributed by atoms with van der Waals surface area (Å²) >= 11 is 0. The molecule has 0 aromatic carbocycles. The molecule has 12 heavy (non-hydrogen) atoms. The highest BCUT2D eigenvalue weighted by Gasteiger charge is 2.41. The summed E-state index contributed by atoms with van der Waals surface area (Å²) in [5, 5.41) is 3.65. The third-order valence-electron chi connectivity index (χ3n) is 3.76. The van der Waals surface area contributed by atoms with Crippen molar-refractivity contribution < 1.29 is 0 Å². The van der Waals surface area contributed by atoms with Crippen molar-refractivity contribution in [1.29, 1.82) is 0 Å². The number of hydrogen-bond acceptors (Lipinski definition) is 1. The van der Waals surface area contributed by atoms with Crippen LogP contribution in [0, 0.1) is 10.8 Å². The average Bonchev–Trinajstić information content (AvgIpc) is 2.23. The molecule has 1 nitrogen and oxygen atoms in total. The summed E-state index contributed by atoms with van der Waals surface area (Å²) in [6.07, 6.45) is 5.63. The minimum Gasteiger partial charge on any atom is -0.313 e. The minimum absolute atomic E-state index is 0.579. The molecule has 1 aliphatic carbocycles. The fourth-order valence-corrected chi connectivity index (χ4v) is 2.87. The Morgan fingerprint density at radius 3 is 2.58 bits per heavy atom. The first-order chi connectivity index (χ1) is 5.49. The standard InChI is InChI=1S/C11H21N/c1-10(2)4-5-11(3)7-9(6-10)12-8-11/h9,12H,4-8H2,1-3H3. The van der Waals surface area contributed by atoms with Crippen molar-refractivity contribution in [3.05, 3.63) is 0 Å². The number of hydrogen-bond donors (Lipinski definition) is 1. The third kappa shape index (κ3) is 1.52. The maximum atomic E-state index is 3.65. The first-order valence-corrected chi connectivity index (χ1v) is 5.23. The highest BCUT2D eigenvalue weighted by molar-refractivity contribution is 4.97. The molecule has 0 amide bonds. The molecule has 1 saturated heterocycles. The van der Waals surface area contributed by atoms with Crippen molar-refractivity contribution in [2.75, 3.05) is 6.54 Å². The topological polar surface area (TPSA) is 12.0 Å². The second kappa shape index (κ2) is 2.47. The number of fused-ring (bicyclic) bond motifs is 2. The summed E-state index contributed by atoms with van der Waals surface area (Å²) in [7, 11) is 0. The molecule has 0 aromatic rings. The minimum atomic E-state index is 0.579. The molecule has 1 saturated carbocycles. The summed E-state index contributed by atoms with van der Waals surface area (Å²) in [5.41, 5.74) is 1.20. The summed E-state index contributed by atoms with van der Waals surface area (Å²) in [6, 6.07) is 0.812. The molecule has 2 aliphatic rings. The Morgan fingerprint density at radius 1 is 1.08 bits per heavy atom. The van der Waals surface area contributed by atoms with Gasteiger partial charge in [0.05, 0.1) is 0 Å². The van der Waals surface area contributed by atoms with Crippen molar-refractivity contribution in [1.82, 2.24) is 5.32 Å². The van der Waals surface area contributed by atoms with E-state index in [9.17, 15) is 0 Å². The molecule has 2 atom stereocenters. The van der Waals surface area contributed by atoms with Crippen LogP contribution < -0.4 is 5.32 Å². The van der Waals surface area contributed by atoms with Crippen LogP contribution >= 0.6 is 0 Å². The van der Waals surface area contributed by atoms with E-state index in [0.29, 0.717) is 10.8 Å². The SMILES string of the molecule is CC1(C)CCC2(C)CNC(C1)C2. The summed E-state index contributed by atoms with van der Waals surface area (Å²) < 4.78 is 0.